The van der Waals surface area contributed by atoms with Crippen LogP contribution in [0, 0.1) is 100 Å². The second-order valence-electron chi connectivity index (χ2n) is 34.4. The van der Waals surface area contributed by atoms with Crippen molar-refractivity contribution in [3.05, 3.63) is 12.2 Å². The normalized spacial score (nSPS) is 23.0. The summed E-state index contributed by atoms with van der Waals surface area (Å²) in [6.07, 6.45) is 41.2. The van der Waals surface area contributed by atoms with Gasteiger partial charge in [-0.15, -0.1) is 0 Å². The zero-order valence-electron chi connectivity index (χ0n) is 61.8. The summed E-state index contributed by atoms with van der Waals surface area (Å²) < 4.78 is 101. The molecule has 0 aromatic heterocycles. The van der Waals surface area contributed by atoms with Gasteiger partial charge in [0.1, 0.15) is 11.3 Å². The second kappa shape index (κ2) is 43.2. The number of unbranched alkanes of at least 4 members (excludes halogenated alkanes) is 1. The Labute approximate surface area is 538 Å². The van der Waals surface area contributed by atoms with Gasteiger partial charge in [-0.3, -0.25) is 0 Å². The first kappa shape index (κ1) is 86.2. The highest BCUT2D eigenvalue weighted by molar-refractivity contribution is 4.97. The second-order valence-corrected chi connectivity index (χ2v) is 34.4. The standard InChI is InChI=1S/C9H18.C9H16.2C8H14F2.C8H15F.2C8H16.C7H12F2.C7H13F.C7H16/c1-8(2)6-7-9-4-3-5-9;1-8(2)7-9-5-3-4-6-9;1-6(2)3-7-4-8(9,10)5-7;1-6(2)8(9,10)7-4-3-5-7;1-7(2)6-8(9)4-3-5-8;1-7(2)6-8(3)4-5-8;1-7(2)6-8-4-3-5-8;1-5(2)3-6-4-7(6,8)9;1-6(2)5-7(8)3-4-7;1-4-5-6-7(2)3/h8-9H,3-7H2,1-2H3;3,5,8-9H,4,6-7H2,1-2H3;2*6-7H,3-5H2,1-2H3;7H,3-6H2,1-2H3;7H,4-6H2,1-3H3;7-8H,3-6H2,1-2H3;5-6H,3-4H2,1-2H3;6H,3-5H2,1-2H3;7H,4-6H2,1-3H3. The van der Waals surface area contributed by atoms with E-state index in [0.717, 1.165) is 123 Å². The Kier molecular flexibility index (Phi) is 42.8. The molecule has 0 nitrogen and oxygen atoms in total. The van der Waals surface area contributed by atoms with Gasteiger partial charge in [0.15, 0.2) is 0 Å². The van der Waals surface area contributed by atoms with E-state index in [0.29, 0.717) is 36.0 Å². The van der Waals surface area contributed by atoms with Gasteiger partial charge in [0.2, 0.25) is 5.92 Å². The van der Waals surface area contributed by atoms with Crippen molar-refractivity contribution in [1.82, 2.24) is 0 Å². The molecule has 9 rings (SSSR count). The molecule has 0 amide bonds. The summed E-state index contributed by atoms with van der Waals surface area (Å²) in [6, 6.07) is 0. The number of hydrogen-bond acceptors (Lipinski definition) is 0. The van der Waals surface area contributed by atoms with E-state index < -0.39 is 35.0 Å². The Morgan fingerprint density at radius 1 is 0.437 bits per heavy atom. The van der Waals surface area contributed by atoms with E-state index in [1.807, 2.05) is 13.8 Å². The molecule has 522 valence electrons. The summed E-state index contributed by atoms with van der Waals surface area (Å²) in [5.41, 5.74) is -0.712. The van der Waals surface area contributed by atoms with E-state index in [1.165, 1.54) is 116 Å². The van der Waals surface area contributed by atoms with Gasteiger partial charge in [0, 0.05) is 37.0 Å². The molecule has 8 saturated carbocycles. The van der Waals surface area contributed by atoms with Crippen LogP contribution in [0.2, 0.25) is 0 Å². The molecule has 0 heterocycles. The molecular formula is C79H150F8. The zero-order valence-corrected chi connectivity index (χ0v) is 61.8. The minimum atomic E-state index is -2.40. The molecule has 0 N–H and O–H groups in total. The summed E-state index contributed by atoms with van der Waals surface area (Å²) in [4.78, 5) is 0. The fourth-order valence-electron chi connectivity index (χ4n) is 12.8. The minimum Gasteiger partial charge on any atom is -0.244 e. The van der Waals surface area contributed by atoms with Crippen LogP contribution in [0.3, 0.4) is 0 Å². The topological polar surface area (TPSA) is 0 Å². The van der Waals surface area contributed by atoms with Gasteiger partial charge in [-0.05, 0) is 198 Å². The minimum absolute atomic E-state index is 0.130. The highest BCUT2D eigenvalue weighted by Gasteiger charge is 2.56. The van der Waals surface area contributed by atoms with Gasteiger partial charge in [0.05, 0.1) is 0 Å². The molecule has 0 aromatic rings. The summed E-state index contributed by atoms with van der Waals surface area (Å²) in [5.74, 6) is 1.89. The molecule has 2 atom stereocenters. The van der Waals surface area contributed by atoms with E-state index in [1.54, 1.807) is 13.8 Å². The number of allylic oxidation sites excluding steroid dienone is 2. The molecule has 0 bridgehead atoms. The van der Waals surface area contributed by atoms with Gasteiger partial charge < -0.3 is 0 Å². The number of rotatable bonds is 22. The van der Waals surface area contributed by atoms with Gasteiger partial charge in [-0.2, -0.15) is 0 Å². The van der Waals surface area contributed by atoms with Crippen LogP contribution < -0.4 is 0 Å². The molecule has 0 aromatic carbocycles. The molecular weight excluding hydrogens is 1100 g/mol. The van der Waals surface area contributed by atoms with E-state index in [4.69, 9.17) is 0 Å². The molecule has 0 radical (unpaired) electrons. The first-order chi connectivity index (χ1) is 40.1. The zero-order chi connectivity index (χ0) is 67.0. The lowest BCUT2D eigenvalue weighted by atomic mass is 9.77. The van der Waals surface area contributed by atoms with E-state index in [-0.39, 0.29) is 31.1 Å². The Morgan fingerprint density at radius 3 is 1.05 bits per heavy atom. The van der Waals surface area contributed by atoms with Gasteiger partial charge in [-0.25, -0.2) is 35.1 Å². The van der Waals surface area contributed by atoms with Crippen LogP contribution in [-0.4, -0.2) is 29.1 Å². The lowest BCUT2D eigenvalue weighted by Gasteiger charge is -2.35. The molecule has 8 heteroatoms. The molecule has 8 fully saturated rings. The van der Waals surface area contributed by atoms with Crippen molar-refractivity contribution in [2.45, 2.75) is 393 Å². The monoisotopic (exact) mass is 1250 g/mol. The Balaban J connectivity index is 0.000000946. The average molecular weight is 1250 g/mol. The van der Waals surface area contributed by atoms with Gasteiger partial charge in [-0.1, -0.05) is 242 Å². The van der Waals surface area contributed by atoms with Crippen LogP contribution in [0.5, 0.6) is 0 Å². The number of alkyl halides is 8. The van der Waals surface area contributed by atoms with E-state index >= 15 is 0 Å². The molecule has 2 unspecified atom stereocenters. The van der Waals surface area contributed by atoms with Crippen molar-refractivity contribution in [3.8, 4) is 0 Å². The first-order valence-corrected chi connectivity index (χ1v) is 37.2. The van der Waals surface area contributed by atoms with Crippen LogP contribution in [0.25, 0.3) is 0 Å². The van der Waals surface area contributed by atoms with E-state index in [2.05, 4.69) is 137 Å². The Hall–Kier alpha value is -0.820. The lowest BCUT2D eigenvalue weighted by Crippen LogP contribution is -2.37. The number of halogens is 8. The maximum absolute atomic E-state index is 13.2. The van der Waals surface area contributed by atoms with Gasteiger partial charge in [0.25, 0.3) is 11.8 Å². The van der Waals surface area contributed by atoms with Crippen molar-refractivity contribution in [3.63, 3.8) is 0 Å². The quantitative estimate of drug-likeness (QED) is 0.0749. The Bertz CT molecular complexity index is 1630. The first-order valence-electron chi connectivity index (χ1n) is 37.2. The van der Waals surface area contributed by atoms with Crippen molar-refractivity contribution < 1.29 is 35.1 Å². The van der Waals surface area contributed by atoms with Crippen LogP contribution in [-0.2, 0) is 0 Å². The SMILES string of the molecule is CC(C)C(F)(F)C1CCC1.CC(C)CC1(C)CC1.CC(C)CC1(F)CC1.CC(C)CC1(F)CCC1.CC(C)CC1C=CCC1.CC(C)CC1CC(F)(F)C1.CC(C)CC1CC1(F)F.CC(C)CC1CCC1.CC(C)CCC1CCC1.CCCCC(C)C. The highest BCUT2D eigenvalue weighted by Crippen LogP contribution is 2.52. The lowest BCUT2D eigenvalue weighted by molar-refractivity contribution is -0.122. The summed E-state index contributed by atoms with van der Waals surface area (Å²) in [6.45, 7) is 47.3. The number of hydrogen-bond donors (Lipinski definition) is 0. The Morgan fingerprint density at radius 2 is 0.862 bits per heavy atom. The van der Waals surface area contributed by atoms with Crippen LogP contribution in [0.15, 0.2) is 12.2 Å². The highest BCUT2D eigenvalue weighted by atomic mass is 19.3. The fraction of sp³-hybridized carbons (Fsp3) is 0.975. The predicted octanol–water partition coefficient (Wildman–Crippen LogP) is 29.0. The van der Waals surface area contributed by atoms with Crippen molar-refractivity contribution in [1.29, 1.82) is 0 Å². The van der Waals surface area contributed by atoms with Gasteiger partial charge >= 0.3 is 0 Å². The third kappa shape index (κ3) is 46.0. The summed E-state index contributed by atoms with van der Waals surface area (Å²) in [5, 5.41) is 0. The van der Waals surface area contributed by atoms with Crippen LogP contribution in [0.4, 0.5) is 35.1 Å². The third-order valence-corrected chi connectivity index (χ3v) is 19.1. The maximum Gasteiger partial charge on any atom is 0.253 e. The average Bonchev–Trinajstić information content (AvgIpc) is 2.59. The van der Waals surface area contributed by atoms with Crippen LogP contribution >= 0.6 is 0 Å². The largest absolute Gasteiger partial charge is 0.253 e. The smallest absolute Gasteiger partial charge is 0.244 e. The molecule has 0 spiro atoms. The molecule has 87 heavy (non-hydrogen) atoms. The fourth-order valence-corrected chi connectivity index (χ4v) is 12.8. The summed E-state index contributed by atoms with van der Waals surface area (Å²) in [7, 11) is 0. The predicted molar refractivity (Wildman–Crippen MR) is 367 cm³/mol. The van der Waals surface area contributed by atoms with Crippen molar-refractivity contribution in [2.24, 2.45) is 100 Å². The molecule has 0 aliphatic heterocycles. The maximum atomic E-state index is 13.2. The molecule has 9 aliphatic carbocycles. The third-order valence-electron chi connectivity index (χ3n) is 19.1. The van der Waals surface area contributed by atoms with Crippen LogP contribution in [0.1, 0.15) is 364 Å². The van der Waals surface area contributed by atoms with E-state index in [9.17, 15) is 35.1 Å². The van der Waals surface area contributed by atoms with Crippen molar-refractivity contribution in [2.75, 3.05) is 0 Å². The molecule has 0 saturated heterocycles. The summed E-state index contributed by atoms with van der Waals surface area (Å²) >= 11 is 0. The molecule has 9 aliphatic rings. The van der Waals surface area contributed by atoms with Crippen molar-refractivity contribution >= 4 is 0 Å².